The monoisotopic (exact) mass is 323 g/mol. The van der Waals surface area contributed by atoms with E-state index >= 15 is 0 Å². The summed E-state index contributed by atoms with van der Waals surface area (Å²) in [5.74, 6) is -12.3. The zero-order chi connectivity index (χ0) is 17.0. The third-order valence-electron chi connectivity index (χ3n) is 2.46. The molecular weight excluding hydrogens is 310 g/mol. The molecule has 0 saturated heterocycles. The van der Waals surface area contributed by atoms with Gasteiger partial charge in [0.1, 0.15) is 11.4 Å². The van der Waals surface area contributed by atoms with Gasteiger partial charge in [0, 0.05) is 0 Å². The minimum Gasteiger partial charge on any atom is -0.461 e. The van der Waals surface area contributed by atoms with Crippen LogP contribution < -0.4 is 0 Å². The molecule has 1 aromatic rings. The summed E-state index contributed by atoms with van der Waals surface area (Å²) >= 11 is 0. The number of aromatic nitrogens is 1. The Labute approximate surface area is 123 Å². The second-order valence-corrected chi connectivity index (χ2v) is 4.00. The number of halogens is 4. The van der Waals surface area contributed by atoms with E-state index in [-0.39, 0.29) is 13.2 Å². The van der Waals surface area contributed by atoms with Crippen molar-refractivity contribution >= 4 is 11.9 Å². The summed E-state index contributed by atoms with van der Waals surface area (Å²) in [6.07, 6.45) is 0. The van der Waals surface area contributed by atoms with Crippen LogP contribution in [0.4, 0.5) is 17.6 Å². The Morgan fingerprint density at radius 1 is 0.955 bits per heavy atom. The molecule has 0 aliphatic carbocycles. The molecular formula is C13H13F4NO4. The Hall–Kier alpha value is -2.19. The van der Waals surface area contributed by atoms with Crippen LogP contribution in [0.25, 0.3) is 0 Å². The van der Waals surface area contributed by atoms with Crippen molar-refractivity contribution in [1.82, 2.24) is 4.98 Å². The van der Waals surface area contributed by atoms with Gasteiger partial charge in [0.2, 0.25) is 0 Å². The molecule has 0 saturated carbocycles. The SMILES string of the molecule is CCOC(=O)C(F)(F)c1cccc(C(F)(F)C(=O)OCC)n1. The summed E-state index contributed by atoms with van der Waals surface area (Å²) in [7, 11) is 0. The van der Waals surface area contributed by atoms with Crippen LogP contribution in [0.5, 0.6) is 0 Å². The topological polar surface area (TPSA) is 65.5 Å². The fourth-order valence-electron chi connectivity index (χ4n) is 1.44. The molecule has 0 bridgehead atoms. The molecule has 1 rings (SSSR count). The van der Waals surface area contributed by atoms with Gasteiger partial charge in [0.05, 0.1) is 13.2 Å². The normalized spacial score (nSPS) is 11.9. The van der Waals surface area contributed by atoms with E-state index in [0.29, 0.717) is 12.1 Å². The van der Waals surface area contributed by atoms with Gasteiger partial charge in [-0.15, -0.1) is 0 Å². The number of hydrogen-bond acceptors (Lipinski definition) is 5. The zero-order valence-corrected chi connectivity index (χ0v) is 11.7. The second-order valence-electron chi connectivity index (χ2n) is 4.00. The molecule has 0 fully saturated rings. The summed E-state index contributed by atoms with van der Waals surface area (Å²) < 4.78 is 63.4. The summed E-state index contributed by atoms with van der Waals surface area (Å²) in [5, 5.41) is 0. The maximum absolute atomic E-state index is 13.8. The molecule has 0 aliphatic rings. The third kappa shape index (κ3) is 3.52. The Bertz CT molecular complexity index is 517. The lowest BCUT2D eigenvalue weighted by Crippen LogP contribution is -2.33. The van der Waals surface area contributed by atoms with Crippen molar-refractivity contribution in [3.8, 4) is 0 Å². The molecule has 0 aliphatic heterocycles. The van der Waals surface area contributed by atoms with Crippen LogP contribution in [0.1, 0.15) is 25.2 Å². The largest absolute Gasteiger partial charge is 0.461 e. The van der Waals surface area contributed by atoms with Crippen molar-refractivity contribution in [2.75, 3.05) is 13.2 Å². The Balaban J connectivity index is 3.19. The maximum Gasteiger partial charge on any atom is 0.384 e. The number of nitrogens with zero attached hydrogens (tertiary/aromatic N) is 1. The van der Waals surface area contributed by atoms with E-state index in [0.717, 1.165) is 6.07 Å². The smallest absolute Gasteiger partial charge is 0.384 e. The summed E-state index contributed by atoms with van der Waals surface area (Å²) in [4.78, 5) is 25.4. The molecule has 22 heavy (non-hydrogen) atoms. The van der Waals surface area contributed by atoms with Gasteiger partial charge in [-0.1, -0.05) is 6.07 Å². The highest BCUT2D eigenvalue weighted by Crippen LogP contribution is 2.32. The van der Waals surface area contributed by atoms with E-state index in [2.05, 4.69) is 14.5 Å². The lowest BCUT2D eigenvalue weighted by Gasteiger charge is -2.17. The van der Waals surface area contributed by atoms with Crippen molar-refractivity contribution in [3.63, 3.8) is 0 Å². The van der Waals surface area contributed by atoms with Gasteiger partial charge in [-0.25, -0.2) is 14.6 Å². The standard InChI is InChI=1S/C13H13F4NO4/c1-3-21-10(19)12(14,15)8-6-5-7-9(18-8)13(16,17)11(20)22-4-2/h5-7H,3-4H2,1-2H3. The number of esters is 2. The fourth-order valence-corrected chi connectivity index (χ4v) is 1.44. The molecule has 9 heteroatoms. The van der Waals surface area contributed by atoms with Crippen LogP contribution in [-0.2, 0) is 30.9 Å². The number of rotatable bonds is 6. The maximum atomic E-state index is 13.8. The lowest BCUT2D eigenvalue weighted by molar-refractivity contribution is -0.174. The highest BCUT2D eigenvalue weighted by atomic mass is 19.3. The van der Waals surface area contributed by atoms with Crippen molar-refractivity contribution in [2.24, 2.45) is 0 Å². The molecule has 122 valence electrons. The molecule has 0 radical (unpaired) electrons. The van der Waals surface area contributed by atoms with E-state index in [1.165, 1.54) is 13.8 Å². The number of hydrogen-bond donors (Lipinski definition) is 0. The van der Waals surface area contributed by atoms with Crippen LogP contribution in [-0.4, -0.2) is 30.1 Å². The predicted molar refractivity (Wildman–Crippen MR) is 65.3 cm³/mol. The van der Waals surface area contributed by atoms with E-state index in [1.54, 1.807) is 0 Å². The first-order chi connectivity index (χ1) is 10.2. The van der Waals surface area contributed by atoms with Crippen molar-refractivity contribution in [3.05, 3.63) is 29.6 Å². The minimum atomic E-state index is -4.21. The molecule has 0 N–H and O–H groups in total. The highest BCUT2D eigenvalue weighted by Gasteiger charge is 2.48. The molecule has 0 aromatic carbocycles. The van der Waals surface area contributed by atoms with Crippen LogP contribution in [0.3, 0.4) is 0 Å². The van der Waals surface area contributed by atoms with Crippen molar-refractivity contribution in [2.45, 2.75) is 25.7 Å². The first-order valence-corrected chi connectivity index (χ1v) is 6.26. The average molecular weight is 323 g/mol. The van der Waals surface area contributed by atoms with Crippen LogP contribution in [0, 0.1) is 0 Å². The number of carbonyl (C=O) groups excluding carboxylic acids is 2. The number of pyridine rings is 1. The quantitative estimate of drug-likeness (QED) is 0.594. The van der Waals surface area contributed by atoms with Crippen LogP contribution >= 0.6 is 0 Å². The summed E-state index contributed by atoms with van der Waals surface area (Å²) in [6.45, 7) is 2.00. The third-order valence-corrected chi connectivity index (χ3v) is 2.46. The predicted octanol–water partition coefficient (Wildman–Crippen LogP) is 2.39. The van der Waals surface area contributed by atoms with Gasteiger partial charge >= 0.3 is 23.8 Å². The van der Waals surface area contributed by atoms with Crippen molar-refractivity contribution in [1.29, 1.82) is 0 Å². The van der Waals surface area contributed by atoms with E-state index < -0.39 is 35.2 Å². The molecule has 1 aromatic heterocycles. The lowest BCUT2D eigenvalue weighted by atomic mass is 10.1. The van der Waals surface area contributed by atoms with Gasteiger partial charge in [-0.05, 0) is 26.0 Å². The molecule has 0 spiro atoms. The molecule has 0 atom stereocenters. The molecule has 5 nitrogen and oxygen atoms in total. The van der Waals surface area contributed by atoms with Crippen LogP contribution in [0.2, 0.25) is 0 Å². The fraction of sp³-hybridized carbons (Fsp3) is 0.462. The van der Waals surface area contributed by atoms with Gasteiger partial charge < -0.3 is 9.47 Å². The second kappa shape index (κ2) is 6.71. The minimum absolute atomic E-state index is 0.312. The van der Waals surface area contributed by atoms with E-state index in [4.69, 9.17) is 0 Å². The van der Waals surface area contributed by atoms with E-state index in [1.807, 2.05) is 0 Å². The number of carbonyl (C=O) groups is 2. The van der Waals surface area contributed by atoms with E-state index in [9.17, 15) is 27.2 Å². The molecule has 0 amide bonds. The van der Waals surface area contributed by atoms with Gasteiger partial charge in [-0.3, -0.25) is 0 Å². The summed E-state index contributed by atoms with van der Waals surface area (Å²) in [6, 6.07) is 2.20. The van der Waals surface area contributed by atoms with Gasteiger partial charge in [0.15, 0.2) is 0 Å². The average Bonchev–Trinajstić information content (AvgIpc) is 2.47. The first-order valence-electron chi connectivity index (χ1n) is 6.26. The first kappa shape index (κ1) is 17.9. The number of alkyl halides is 4. The van der Waals surface area contributed by atoms with Gasteiger partial charge in [0.25, 0.3) is 0 Å². The summed E-state index contributed by atoms with van der Waals surface area (Å²) in [5.41, 5.74) is -2.49. The molecule has 0 unspecified atom stereocenters. The van der Waals surface area contributed by atoms with Crippen LogP contribution in [0.15, 0.2) is 18.2 Å². The Kier molecular flexibility index (Phi) is 5.45. The zero-order valence-electron chi connectivity index (χ0n) is 11.7. The number of ether oxygens (including phenoxy) is 2. The Morgan fingerprint density at radius 2 is 1.32 bits per heavy atom. The Morgan fingerprint density at radius 3 is 1.64 bits per heavy atom. The molecule has 1 heterocycles. The van der Waals surface area contributed by atoms with Gasteiger partial charge in [-0.2, -0.15) is 17.6 Å². The van der Waals surface area contributed by atoms with Crippen molar-refractivity contribution < 1.29 is 36.6 Å². The highest BCUT2D eigenvalue weighted by molar-refractivity contribution is 5.80.